The van der Waals surface area contributed by atoms with E-state index in [1.165, 1.54) is 6.42 Å². The van der Waals surface area contributed by atoms with Crippen LogP contribution in [0, 0.1) is 12.8 Å². The summed E-state index contributed by atoms with van der Waals surface area (Å²) in [6.45, 7) is 4.92. The summed E-state index contributed by atoms with van der Waals surface area (Å²) in [5, 5.41) is 3.42. The number of hydrogen-bond acceptors (Lipinski definition) is 2. The molecule has 2 aliphatic heterocycles. The summed E-state index contributed by atoms with van der Waals surface area (Å²) in [5.41, 5.74) is 1.91. The minimum atomic E-state index is 0.175. The zero-order valence-electron chi connectivity index (χ0n) is 11.2. The van der Waals surface area contributed by atoms with Crippen molar-refractivity contribution in [1.29, 1.82) is 0 Å². The van der Waals surface area contributed by atoms with Crippen molar-refractivity contribution >= 4 is 21.8 Å². The first-order valence-corrected chi connectivity index (χ1v) is 7.74. The molecule has 102 valence electrons. The van der Waals surface area contributed by atoms with Gasteiger partial charge in [-0.3, -0.25) is 4.79 Å². The molecule has 2 atom stereocenters. The van der Waals surface area contributed by atoms with Crippen molar-refractivity contribution in [1.82, 2.24) is 10.2 Å². The Balaban J connectivity index is 1.88. The van der Waals surface area contributed by atoms with E-state index in [0.29, 0.717) is 12.0 Å². The molecule has 4 heteroatoms. The fourth-order valence-corrected chi connectivity index (χ4v) is 3.72. The average molecular weight is 323 g/mol. The van der Waals surface area contributed by atoms with Gasteiger partial charge in [0.05, 0.1) is 5.56 Å². The maximum absolute atomic E-state index is 12.8. The number of benzene rings is 1. The summed E-state index contributed by atoms with van der Waals surface area (Å²) in [6.07, 6.45) is 2.37. The highest BCUT2D eigenvalue weighted by atomic mass is 79.9. The molecule has 1 amide bonds. The van der Waals surface area contributed by atoms with Crippen LogP contribution < -0.4 is 5.32 Å². The molecule has 2 fully saturated rings. The van der Waals surface area contributed by atoms with Gasteiger partial charge in [0.15, 0.2) is 0 Å². The number of hydrogen-bond donors (Lipinski definition) is 1. The van der Waals surface area contributed by atoms with Gasteiger partial charge in [-0.2, -0.15) is 0 Å². The van der Waals surface area contributed by atoms with Crippen molar-refractivity contribution in [3.63, 3.8) is 0 Å². The van der Waals surface area contributed by atoms with Gasteiger partial charge in [-0.05, 0) is 53.2 Å². The lowest BCUT2D eigenvalue weighted by Crippen LogP contribution is -2.48. The maximum atomic E-state index is 12.8. The quantitative estimate of drug-likeness (QED) is 0.862. The van der Waals surface area contributed by atoms with Crippen molar-refractivity contribution in [3.05, 3.63) is 33.8 Å². The molecule has 3 rings (SSSR count). The lowest BCUT2D eigenvalue weighted by atomic mass is 9.91. The van der Waals surface area contributed by atoms with Crippen molar-refractivity contribution in [2.24, 2.45) is 5.92 Å². The van der Waals surface area contributed by atoms with Crippen molar-refractivity contribution in [2.45, 2.75) is 25.8 Å². The van der Waals surface area contributed by atoms with Crippen LogP contribution in [0.5, 0.6) is 0 Å². The van der Waals surface area contributed by atoms with E-state index in [2.05, 4.69) is 26.1 Å². The van der Waals surface area contributed by atoms with Gasteiger partial charge >= 0.3 is 0 Å². The van der Waals surface area contributed by atoms with E-state index >= 15 is 0 Å². The first-order valence-electron chi connectivity index (χ1n) is 6.95. The molecule has 1 aromatic carbocycles. The third kappa shape index (κ3) is 2.32. The Hall–Kier alpha value is -0.870. The van der Waals surface area contributed by atoms with E-state index in [9.17, 15) is 4.79 Å². The van der Waals surface area contributed by atoms with Crippen LogP contribution in [0.1, 0.15) is 28.8 Å². The second-order valence-corrected chi connectivity index (χ2v) is 6.36. The Kier molecular flexibility index (Phi) is 3.63. The van der Waals surface area contributed by atoms with Gasteiger partial charge < -0.3 is 10.2 Å². The predicted octanol–water partition coefficient (Wildman–Crippen LogP) is 2.58. The molecule has 1 N–H and O–H groups in total. The van der Waals surface area contributed by atoms with Gasteiger partial charge in [-0.25, -0.2) is 0 Å². The minimum absolute atomic E-state index is 0.175. The molecular formula is C15H19BrN2O. The topological polar surface area (TPSA) is 32.3 Å². The molecule has 0 aliphatic carbocycles. The molecule has 2 saturated heterocycles. The number of likely N-dealkylation sites (tertiary alicyclic amines) is 1. The van der Waals surface area contributed by atoms with E-state index in [1.54, 1.807) is 0 Å². The predicted molar refractivity (Wildman–Crippen MR) is 79.3 cm³/mol. The molecule has 0 saturated carbocycles. The largest absolute Gasteiger partial charge is 0.334 e. The highest BCUT2D eigenvalue weighted by molar-refractivity contribution is 9.10. The van der Waals surface area contributed by atoms with Crippen LogP contribution in [0.3, 0.4) is 0 Å². The van der Waals surface area contributed by atoms with E-state index in [0.717, 1.165) is 41.7 Å². The zero-order valence-corrected chi connectivity index (χ0v) is 12.7. The van der Waals surface area contributed by atoms with Gasteiger partial charge in [0, 0.05) is 30.1 Å². The Morgan fingerprint density at radius 3 is 3.11 bits per heavy atom. The maximum Gasteiger partial charge on any atom is 0.255 e. The summed E-state index contributed by atoms with van der Waals surface area (Å²) in [5.74, 6) is 0.815. The number of fused-ring (bicyclic) bond motifs is 1. The van der Waals surface area contributed by atoms with Crippen LogP contribution in [0.25, 0.3) is 0 Å². The van der Waals surface area contributed by atoms with E-state index < -0.39 is 0 Å². The number of nitrogens with zero attached hydrogens (tertiary/aromatic N) is 1. The standard InChI is InChI=1S/C15H19BrN2O/c1-10-4-2-6-12(14(10)16)15(19)18-7-3-5-11-8-17-9-13(11)18/h2,4,6,11,13,17H,3,5,7-9H2,1H3. The molecule has 1 aromatic rings. The van der Waals surface area contributed by atoms with Crippen LogP contribution in [0.15, 0.2) is 22.7 Å². The molecule has 2 unspecified atom stereocenters. The van der Waals surface area contributed by atoms with Crippen molar-refractivity contribution in [2.75, 3.05) is 19.6 Å². The number of carbonyl (C=O) groups excluding carboxylic acids is 1. The molecule has 3 nitrogen and oxygen atoms in total. The molecule has 0 spiro atoms. The van der Waals surface area contributed by atoms with Gasteiger partial charge in [-0.1, -0.05) is 12.1 Å². The molecule has 0 bridgehead atoms. The number of nitrogens with one attached hydrogen (secondary N) is 1. The Bertz CT molecular complexity index is 503. The van der Waals surface area contributed by atoms with E-state index in [4.69, 9.17) is 0 Å². The van der Waals surface area contributed by atoms with Gasteiger partial charge in [-0.15, -0.1) is 0 Å². The number of rotatable bonds is 1. The summed E-state index contributed by atoms with van der Waals surface area (Å²) in [7, 11) is 0. The lowest BCUT2D eigenvalue weighted by molar-refractivity contribution is 0.0573. The van der Waals surface area contributed by atoms with E-state index in [-0.39, 0.29) is 5.91 Å². The van der Waals surface area contributed by atoms with Crippen LogP contribution >= 0.6 is 15.9 Å². The normalized spacial score (nSPS) is 26.3. The summed E-state index contributed by atoms with van der Waals surface area (Å²) in [4.78, 5) is 14.9. The molecule has 2 aliphatic rings. The first kappa shape index (κ1) is 13.1. The second kappa shape index (κ2) is 5.25. The number of carbonyl (C=O) groups is 1. The monoisotopic (exact) mass is 322 g/mol. The molecule has 0 radical (unpaired) electrons. The SMILES string of the molecule is Cc1cccc(C(=O)N2CCCC3CNCC32)c1Br. The van der Waals surface area contributed by atoms with Gasteiger partial charge in [0.2, 0.25) is 0 Å². The highest BCUT2D eigenvalue weighted by Crippen LogP contribution is 2.30. The molecule has 2 heterocycles. The summed E-state index contributed by atoms with van der Waals surface area (Å²) >= 11 is 3.56. The fourth-order valence-electron chi connectivity index (χ4n) is 3.29. The lowest BCUT2D eigenvalue weighted by Gasteiger charge is -2.37. The third-order valence-corrected chi connectivity index (χ3v) is 5.41. The van der Waals surface area contributed by atoms with Gasteiger partial charge in [0.1, 0.15) is 0 Å². The van der Waals surface area contributed by atoms with Crippen molar-refractivity contribution in [3.8, 4) is 0 Å². The smallest absolute Gasteiger partial charge is 0.255 e. The fraction of sp³-hybridized carbons (Fsp3) is 0.533. The summed E-state index contributed by atoms with van der Waals surface area (Å²) in [6, 6.07) is 6.29. The van der Waals surface area contributed by atoms with Crippen LogP contribution in [0.2, 0.25) is 0 Å². The number of halogens is 1. The van der Waals surface area contributed by atoms with Crippen LogP contribution in [-0.4, -0.2) is 36.5 Å². The minimum Gasteiger partial charge on any atom is -0.334 e. The average Bonchev–Trinajstić information content (AvgIpc) is 2.89. The van der Waals surface area contributed by atoms with Crippen LogP contribution in [-0.2, 0) is 0 Å². The third-order valence-electron chi connectivity index (χ3n) is 4.36. The van der Waals surface area contributed by atoms with E-state index in [1.807, 2.05) is 25.1 Å². The number of piperidine rings is 1. The first-order chi connectivity index (χ1) is 9.18. The molecule has 0 aromatic heterocycles. The Labute approximate surface area is 122 Å². The number of amides is 1. The van der Waals surface area contributed by atoms with Gasteiger partial charge in [0.25, 0.3) is 5.91 Å². The highest BCUT2D eigenvalue weighted by Gasteiger charge is 2.37. The second-order valence-electron chi connectivity index (χ2n) is 5.56. The Morgan fingerprint density at radius 2 is 2.26 bits per heavy atom. The number of aryl methyl sites for hydroxylation is 1. The zero-order chi connectivity index (χ0) is 13.4. The summed E-state index contributed by atoms with van der Waals surface area (Å²) < 4.78 is 0.938. The molecular weight excluding hydrogens is 304 g/mol. The van der Waals surface area contributed by atoms with Crippen molar-refractivity contribution < 1.29 is 4.79 Å². The van der Waals surface area contributed by atoms with Crippen LogP contribution in [0.4, 0.5) is 0 Å². The Morgan fingerprint density at radius 1 is 1.42 bits per heavy atom. The molecule has 19 heavy (non-hydrogen) atoms.